The summed E-state index contributed by atoms with van der Waals surface area (Å²) in [5.74, 6) is 1.29. The first-order valence-electron chi connectivity index (χ1n) is 6.27. The highest BCUT2D eigenvalue weighted by Crippen LogP contribution is 2.29. The van der Waals surface area contributed by atoms with Crippen LogP contribution in [0.15, 0.2) is 41.0 Å². The molecule has 2 rings (SSSR count). The van der Waals surface area contributed by atoms with Gasteiger partial charge in [0.2, 0.25) is 5.88 Å². The summed E-state index contributed by atoms with van der Waals surface area (Å²) in [6, 6.07) is 9.88. The second-order valence-corrected chi connectivity index (χ2v) is 5.58. The van der Waals surface area contributed by atoms with E-state index in [1.165, 1.54) is 18.4 Å². The fourth-order valence-corrected chi connectivity index (χ4v) is 2.41. The molecular weight excluding hydrogens is 326 g/mol. The third-order valence-electron chi connectivity index (χ3n) is 2.73. The molecule has 0 aliphatic carbocycles. The first-order valence-corrected chi connectivity index (χ1v) is 7.44. The van der Waals surface area contributed by atoms with Crippen LogP contribution >= 0.6 is 27.5 Å². The number of aryl methyl sites for hydroxylation is 1. The number of nitrogens with zero attached hydrogens (tertiary/aromatic N) is 1. The standard InChI is InChI=1S/C15H15BrClNO/c1-2-3-4-11-5-7-13(8-6-11)19-15-14(16)9-12(17)10-18-15/h5-10H,2-4H2,1H3. The fraction of sp³-hybridized carbons (Fsp3) is 0.267. The highest BCUT2D eigenvalue weighted by molar-refractivity contribution is 9.10. The Morgan fingerprint density at radius 1 is 1.26 bits per heavy atom. The van der Waals surface area contributed by atoms with Gasteiger partial charge in [-0.3, -0.25) is 0 Å². The van der Waals surface area contributed by atoms with Gasteiger partial charge in [-0.1, -0.05) is 37.1 Å². The minimum Gasteiger partial charge on any atom is -0.438 e. The van der Waals surface area contributed by atoms with Gasteiger partial charge in [-0.05, 0) is 52.5 Å². The number of benzene rings is 1. The Bertz CT molecular complexity index is 542. The van der Waals surface area contributed by atoms with E-state index in [-0.39, 0.29) is 0 Å². The Balaban J connectivity index is 2.06. The minimum atomic E-state index is 0.519. The molecule has 0 saturated carbocycles. The van der Waals surface area contributed by atoms with Crippen LogP contribution in [0.1, 0.15) is 25.3 Å². The molecule has 0 amide bonds. The average molecular weight is 341 g/mol. The average Bonchev–Trinajstić information content (AvgIpc) is 2.41. The number of rotatable bonds is 5. The van der Waals surface area contributed by atoms with Crippen molar-refractivity contribution in [3.8, 4) is 11.6 Å². The van der Waals surface area contributed by atoms with Crippen LogP contribution in [-0.4, -0.2) is 4.98 Å². The Morgan fingerprint density at radius 3 is 2.63 bits per heavy atom. The number of hydrogen-bond acceptors (Lipinski definition) is 2. The van der Waals surface area contributed by atoms with E-state index < -0.39 is 0 Å². The third kappa shape index (κ3) is 4.22. The summed E-state index contributed by atoms with van der Waals surface area (Å²) in [6.45, 7) is 2.20. The smallest absolute Gasteiger partial charge is 0.233 e. The Kier molecular flexibility index (Phi) is 5.23. The van der Waals surface area contributed by atoms with Crippen molar-refractivity contribution in [1.82, 2.24) is 4.98 Å². The maximum absolute atomic E-state index is 5.84. The van der Waals surface area contributed by atoms with Gasteiger partial charge >= 0.3 is 0 Å². The van der Waals surface area contributed by atoms with E-state index in [4.69, 9.17) is 16.3 Å². The van der Waals surface area contributed by atoms with E-state index in [0.29, 0.717) is 10.9 Å². The van der Waals surface area contributed by atoms with Crippen molar-refractivity contribution in [1.29, 1.82) is 0 Å². The van der Waals surface area contributed by atoms with Gasteiger partial charge in [0.1, 0.15) is 5.75 Å². The molecule has 0 radical (unpaired) electrons. The zero-order chi connectivity index (χ0) is 13.7. The molecule has 19 heavy (non-hydrogen) atoms. The lowest BCUT2D eigenvalue weighted by molar-refractivity contribution is 0.459. The molecule has 0 aliphatic heterocycles. The quantitative estimate of drug-likeness (QED) is 0.703. The predicted molar refractivity (Wildman–Crippen MR) is 82.1 cm³/mol. The maximum atomic E-state index is 5.84. The summed E-state index contributed by atoms with van der Waals surface area (Å²) < 4.78 is 6.45. The van der Waals surface area contributed by atoms with E-state index in [2.05, 4.69) is 40.0 Å². The number of hydrogen-bond donors (Lipinski definition) is 0. The lowest BCUT2D eigenvalue weighted by Gasteiger charge is -2.07. The molecule has 1 heterocycles. The number of aromatic nitrogens is 1. The zero-order valence-electron chi connectivity index (χ0n) is 10.7. The zero-order valence-corrected chi connectivity index (χ0v) is 13.0. The molecule has 1 aromatic carbocycles. The Morgan fingerprint density at radius 2 is 2.00 bits per heavy atom. The van der Waals surface area contributed by atoms with Crippen molar-refractivity contribution in [3.63, 3.8) is 0 Å². The summed E-state index contributed by atoms with van der Waals surface area (Å²) in [4.78, 5) is 4.14. The van der Waals surface area contributed by atoms with Crippen LogP contribution in [0, 0.1) is 0 Å². The van der Waals surface area contributed by atoms with Crippen LogP contribution in [0.2, 0.25) is 5.02 Å². The summed E-state index contributed by atoms with van der Waals surface area (Å²) in [5.41, 5.74) is 1.33. The van der Waals surface area contributed by atoms with E-state index in [9.17, 15) is 0 Å². The maximum Gasteiger partial charge on any atom is 0.233 e. The van der Waals surface area contributed by atoms with Gasteiger partial charge in [-0.15, -0.1) is 0 Å². The normalized spacial score (nSPS) is 10.5. The van der Waals surface area contributed by atoms with Gasteiger partial charge in [0.05, 0.1) is 9.50 Å². The van der Waals surface area contributed by atoms with E-state index >= 15 is 0 Å². The largest absolute Gasteiger partial charge is 0.438 e. The van der Waals surface area contributed by atoms with Crippen molar-refractivity contribution < 1.29 is 4.74 Å². The second-order valence-electron chi connectivity index (χ2n) is 4.29. The summed E-state index contributed by atoms with van der Waals surface area (Å²) in [6.07, 6.45) is 5.10. The summed E-state index contributed by atoms with van der Waals surface area (Å²) >= 11 is 9.22. The highest BCUT2D eigenvalue weighted by atomic mass is 79.9. The molecule has 0 fully saturated rings. The molecule has 1 aromatic heterocycles. The Labute approximate surface area is 126 Å². The van der Waals surface area contributed by atoms with Gasteiger partial charge in [-0.25, -0.2) is 4.98 Å². The van der Waals surface area contributed by atoms with Crippen molar-refractivity contribution in [2.45, 2.75) is 26.2 Å². The molecule has 0 spiro atoms. The fourth-order valence-electron chi connectivity index (χ4n) is 1.69. The van der Waals surface area contributed by atoms with Crippen molar-refractivity contribution in [2.24, 2.45) is 0 Å². The Hall–Kier alpha value is -1.06. The monoisotopic (exact) mass is 339 g/mol. The number of halogens is 2. The lowest BCUT2D eigenvalue weighted by atomic mass is 10.1. The van der Waals surface area contributed by atoms with E-state index in [1.54, 1.807) is 12.3 Å². The first kappa shape index (κ1) is 14.4. The number of unbranched alkanes of at least 4 members (excludes halogenated alkanes) is 1. The van der Waals surface area contributed by atoms with Crippen LogP contribution in [0.3, 0.4) is 0 Å². The second kappa shape index (κ2) is 6.92. The van der Waals surface area contributed by atoms with Crippen molar-refractivity contribution >= 4 is 27.5 Å². The molecule has 0 unspecified atom stereocenters. The van der Waals surface area contributed by atoms with Crippen LogP contribution in [0.5, 0.6) is 11.6 Å². The SMILES string of the molecule is CCCCc1ccc(Oc2ncc(Cl)cc2Br)cc1. The third-order valence-corrected chi connectivity index (χ3v) is 3.51. The lowest BCUT2D eigenvalue weighted by Crippen LogP contribution is -1.90. The van der Waals surface area contributed by atoms with Crippen molar-refractivity contribution in [2.75, 3.05) is 0 Å². The molecule has 100 valence electrons. The summed E-state index contributed by atoms with van der Waals surface area (Å²) in [7, 11) is 0. The van der Waals surface area contributed by atoms with Crippen LogP contribution in [-0.2, 0) is 6.42 Å². The van der Waals surface area contributed by atoms with Crippen LogP contribution in [0.25, 0.3) is 0 Å². The molecule has 0 bridgehead atoms. The summed E-state index contributed by atoms with van der Waals surface area (Å²) in [5, 5.41) is 0.578. The molecule has 0 atom stereocenters. The van der Waals surface area contributed by atoms with Gasteiger partial charge in [0, 0.05) is 6.20 Å². The molecule has 0 saturated heterocycles. The molecule has 2 aromatic rings. The topological polar surface area (TPSA) is 22.1 Å². The van der Waals surface area contributed by atoms with Gasteiger partial charge in [0.15, 0.2) is 0 Å². The predicted octanol–water partition coefficient (Wildman–Crippen LogP) is 5.63. The molecule has 0 N–H and O–H groups in total. The molecular formula is C15H15BrClNO. The molecule has 2 nitrogen and oxygen atoms in total. The van der Waals surface area contributed by atoms with Gasteiger partial charge in [-0.2, -0.15) is 0 Å². The van der Waals surface area contributed by atoms with E-state index in [1.807, 2.05) is 12.1 Å². The van der Waals surface area contributed by atoms with Gasteiger partial charge in [0.25, 0.3) is 0 Å². The van der Waals surface area contributed by atoms with E-state index in [0.717, 1.165) is 16.6 Å². The minimum absolute atomic E-state index is 0.519. The van der Waals surface area contributed by atoms with Crippen LogP contribution in [0.4, 0.5) is 0 Å². The van der Waals surface area contributed by atoms with Gasteiger partial charge < -0.3 is 4.74 Å². The number of pyridine rings is 1. The molecule has 0 aliphatic rings. The number of ether oxygens (including phenoxy) is 1. The molecule has 4 heteroatoms. The van der Waals surface area contributed by atoms with Crippen LogP contribution < -0.4 is 4.74 Å². The highest BCUT2D eigenvalue weighted by Gasteiger charge is 2.05. The van der Waals surface area contributed by atoms with Crippen molar-refractivity contribution in [3.05, 3.63) is 51.6 Å². The first-order chi connectivity index (χ1) is 9.19.